The van der Waals surface area contributed by atoms with Gasteiger partial charge in [0.1, 0.15) is 11.5 Å². The first-order valence-electron chi connectivity index (χ1n) is 7.58. The SMILES string of the molecule is Cc1cc(C(C)NC(=O)C2CCC(CN)CC2)c(C)o1. The number of nitrogens with one attached hydrogen (secondary N) is 1. The smallest absolute Gasteiger partial charge is 0.223 e. The van der Waals surface area contributed by atoms with Crippen molar-refractivity contribution in [1.29, 1.82) is 0 Å². The Bertz CT molecular complexity index is 459. The fourth-order valence-corrected chi connectivity index (χ4v) is 3.15. The molecule has 1 atom stereocenters. The lowest BCUT2D eigenvalue weighted by Crippen LogP contribution is -2.35. The minimum atomic E-state index is 0.00665. The number of rotatable bonds is 4. The summed E-state index contributed by atoms with van der Waals surface area (Å²) in [5, 5.41) is 3.12. The van der Waals surface area contributed by atoms with Crippen molar-refractivity contribution in [3.63, 3.8) is 0 Å². The van der Waals surface area contributed by atoms with E-state index in [0.29, 0.717) is 5.92 Å². The second kappa shape index (κ2) is 6.44. The first-order valence-corrected chi connectivity index (χ1v) is 7.58. The number of aryl methyl sites for hydroxylation is 2. The zero-order chi connectivity index (χ0) is 14.7. The predicted octanol–water partition coefficient (Wildman–Crippen LogP) is 2.84. The topological polar surface area (TPSA) is 68.3 Å². The summed E-state index contributed by atoms with van der Waals surface area (Å²) in [5.41, 5.74) is 6.76. The summed E-state index contributed by atoms with van der Waals surface area (Å²) >= 11 is 0. The normalized spacial score (nSPS) is 24.4. The van der Waals surface area contributed by atoms with Crippen molar-refractivity contribution in [2.75, 3.05) is 6.54 Å². The average Bonchev–Trinajstić information content (AvgIpc) is 2.78. The van der Waals surface area contributed by atoms with Crippen LogP contribution in [-0.2, 0) is 4.79 Å². The fraction of sp³-hybridized carbons (Fsp3) is 0.688. The van der Waals surface area contributed by atoms with Crippen LogP contribution in [0.2, 0.25) is 0 Å². The van der Waals surface area contributed by atoms with E-state index in [1.54, 1.807) is 0 Å². The van der Waals surface area contributed by atoms with Gasteiger partial charge in [-0.05, 0) is 65.0 Å². The molecule has 0 bridgehead atoms. The highest BCUT2D eigenvalue weighted by Gasteiger charge is 2.27. The van der Waals surface area contributed by atoms with E-state index in [1.807, 2.05) is 26.8 Å². The molecule has 1 aromatic heterocycles. The van der Waals surface area contributed by atoms with Gasteiger partial charge in [0.15, 0.2) is 0 Å². The van der Waals surface area contributed by atoms with Crippen molar-refractivity contribution in [2.24, 2.45) is 17.6 Å². The number of amides is 1. The third kappa shape index (κ3) is 3.42. The van der Waals surface area contributed by atoms with Gasteiger partial charge in [-0.2, -0.15) is 0 Å². The van der Waals surface area contributed by atoms with Crippen LogP contribution in [0.25, 0.3) is 0 Å². The van der Waals surface area contributed by atoms with Crippen LogP contribution in [0.4, 0.5) is 0 Å². The Morgan fingerprint density at radius 1 is 1.40 bits per heavy atom. The van der Waals surface area contributed by atoms with Gasteiger partial charge in [0.05, 0.1) is 6.04 Å². The maximum Gasteiger partial charge on any atom is 0.223 e. The molecule has 0 saturated heterocycles. The lowest BCUT2D eigenvalue weighted by molar-refractivity contribution is -0.126. The van der Waals surface area contributed by atoms with E-state index in [1.165, 1.54) is 0 Å². The third-order valence-electron chi connectivity index (χ3n) is 4.46. The summed E-state index contributed by atoms with van der Waals surface area (Å²) in [6.45, 7) is 6.63. The Balaban J connectivity index is 1.90. The van der Waals surface area contributed by atoms with E-state index in [4.69, 9.17) is 10.2 Å². The van der Waals surface area contributed by atoms with Crippen LogP contribution in [0.15, 0.2) is 10.5 Å². The Hall–Kier alpha value is -1.29. The number of nitrogens with two attached hydrogens (primary N) is 1. The summed E-state index contributed by atoms with van der Waals surface area (Å²) in [7, 11) is 0. The maximum atomic E-state index is 12.3. The van der Waals surface area contributed by atoms with E-state index in [0.717, 1.165) is 49.3 Å². The van der Waals surface area contributed by atoms with Crippen LogP contribution in [-0.4, -0.2) is 12.5 Å². The molecule has 2 rings (SSSR count). The molecule has 20 heavy (non-hydrogen) atoms. The van der Waals surface area contributed by atoms with Gasteiger partial charge in [-0.25, -0.2) is 0 Å². The van der Waals surface area contributed by atoms with E-state index in [-0.39, 0.29) is 17.9 Å². The molecule has 1 saturated carbocycles. The molecule has 0 aromatic carbocycles. The molecule has 0 spiro atoms. The lowest BCUT2D eigenvalue weighted by Gasteiger charge is -2.27. The molecule has 1 aromatic rings. The van der Waals surface area contributed by atoms with Gasteiger partial charge in [-0.1, -0.05) is 0 Å². The minimum absolute atomic E-state index is 0.00665. The van der Waals surface area contributed by atoms with Crippen LogP contribution >= 0.6 is 0 Å². The first kappa shape index (κ1) is 15.1. The van der Waals surface area contributed by atoms with Gasteiger partial charge in [0.2, 0.25) is 5.91 Å². The monoisotopic (exact) mass is 278 g/mol. The predicted molar refractivity (Wildman–Crippen MR) is 79.2 cm³/mol. The molecule has 3 N–H and O–H groups in total. The second-order valence-electron chi connectivity index (χ2n) is 6.05. The molecule has 1 fully saturated rings. The van der Waals surface area contributed by atoms with Crippen LogP contribution < -0.4 is 11.1 Å². The Morgan fingerprint density at radius 3 is 2.55 bits per heavy atom. The molecular formula is C16H26N2O2. The number of hydrogen-bond acceptors (Lipinski definition) is 3. The summed E-state index contributed by atoms with van der Waals surface area (Å²) in [6, 6.07) is 2.01. The van der Waals surface area contributed by atoms with Gasteiger partial charge in [-0.3, -0.25) is 4.79 Å². The largest absolute Gasteiger partial charge is 0.466 e. The van der Waals surface area contributed by atoms with Crippen molar-refractivity contribution in [3.05, 3.63) is 23.2 Å². The number of hydrogen-bond donors (Lipinski definition) is 2. The molecule has 0 radical (unpaired) electrons. The van der Waals surface area contributed by atoms with Gasteiger partial charge < -0.3 is 15.5 Å². The van der Waals surface area contributed by atoms with Crippen molar-refractivity contribution in [3.8, 4) is 0 Å². The summed E-state index contributed by atoms with van der Waals surface area (Å²) in [6.07, 6.45) is 4.08. The molecule has 4 heteroatoms. The van der Waals surface area contributed by atoms with E-state index >= 15 is 0 Å². The Morgan fingerprint density at radius 2 is 2.05 bits per heavy atom. The zero-order valence-corrected chi connectivity index (χ0v) is 12.7. The highest BCUT2D eigenvalue weighted by atomic mass is 16.3. The molecule has 0 aliphatic heterocycles. The van der Waals surface area contributed by atoms with Gasteiger partial charge >= 0.3 is 0 Å². The minimum Gasteiger partial charge on any atom is -0.466 e. The van der Waals surface area contributed by atoms with Crippen LogP contribution in [0, 0.1) is 25.7 Å². The molecule has 4 nitrogen and oxygen atoms in total. The molecule has 112 valence electrons. The van der Waals surface area contributed by atoms with E-state index in [2.05, 4.69) is 5.32 Å². The van der Waals surface area contributed by atoms with Crippen molar-refractivity contribution < 1.29 is 9.21 Å². The van der Waals surface area contributed by atoms with Crippen LogP contribution in [0.5, 0.6) is 0 Å². The Kier molecular flexibility index (Phi) is 4.86. The number of carbonyl (C=O) groups excluding carboxylic acids is 1. The first-order chi connectivity index (χ1) is 9.51. The third-order valence-corrected chi connectivity index (χ3v) is 4.46. The average molecular weight is 278 g/mol. The van der Waals surface area contributed by atoms with Crippen molar-refractivity contribution in [1.82, 2.24) is 5.32 Å². The van der Waals surface area contributed by atoms with Crippen LogP contribution in [0.1, 0.15) is 55.7 Å². The highest BCUT2D eigenvalue weighted by Crippen LogP contribution is 2.29. The second-order valence-corrected chi connectivity index (χ2v) is 6.05. The van der Waals surface area contributed by atoms with Crippen LogP contribution in [0.3, 0.4) is 0 Å². The van der Waals surface area contributed by atoms with Crippen molar-refractivity contribution in [2.45, 2.75) is 52.5 Å². The Labute approximate surface area is 121 Å². The zero-order valence-electron chi connectivity index (χ0n) is 12.7. The van der Waals surface area contributed by atoms with Gasteiger partial charge in [0.25, 0.3) is 0 Å². The number of furan rings is 1. The summed E-state index contributed by atoms with van der Waals surface area (Å²) in [4.78, 5) is 12.3. The quantitative estimate of drug-likeness (QED) is 0.890. The molecule has 1 heterocycles. The fourth-order valence-electron chi connectivity index (χ4n) is 3.15. The molecule has 1 aliphatic rings. The maximum absolute atomic E-state index is 12.3. The standard InChI is InChI=1S/C16H26N2O2/c1-10-8-15(12(3)20-10)11(2)18-16(19)14-6-4-13(9-17)5-7-14/h8,11,13-14H,4-7,9,17H2,1-3H3,(H,18,19). The molecular weight excluding hydrogens is 252 g/mol. The highest BCUT2D eigenvalue weighted by molar-refractivity contribution is 5.79. The van der Waals surface area contributed by atoms with E-state index in [9.17, 15) is 4.79 Å². The van der Waals surface area contributed by atoms with Crippen molar-refractivity contribution >= 4 is 5.91 Å². The summed E-state index contributed by atoms with van der Waals surface area (Å²) < 4.78 is 5.53. The number of carbonyl (C=O) groups is 1. The van der Waals surface area contributed by atoms with Gasteiger partial charge in [-0.15, -0.1) is 0 Å². The van der Waals surface area contributed by atoms with E-state index < -0.39 is 0 Å². The lowest BCUT2D eigenvalue weighted by atomic mass is 9.81. The molecule has 1 unspecified atom stereocenters. The molecule has 1 amide bonds. The summed E-state index contributed by atoms with van der Waals surface area (Å²) in [5.74, 6) is 2.71. The van der Waals surface area contributed by atoms with Gasteiger partial charge in [0, 0.05) is 11.5 Å². The molecule has 1 aliphatic carbocycles.